The van der Waals surface area contributed by atoms with Crippen LogP contribution in [0.25, 0.3) is 0 Å². The van der Waals surface area contributed by atoms with Gasteiger partial charge in [-0.3, -0.25) is 0 Å². The molecule has 0 bridgehead atoms. The Kier molecular flexibility index (Phi) is 4.21. The van der Waals surface area contributed by atoms with Gasteiger partial charge in [0.1, 0.15) is 11.6 Å². The number of rotatable bonds is 3. The van der Waals surface area contributed by atoms with Gasteiger partial charge in [0.25, 0.3) is 0 Å². The molecule has 0 amide bonds. The lowest BCUT2D eigenvalue weighted by Gasteiger charge is -2.11. The zero-order valence-electron chi connectivity index (χ0n) is 10.7. The van der Waals surface area contributed by atoms with Crippen LogP contribution in [0.2, 0.25) is 5.02 Å². The van der Waals surface area contributed by atoms with Crippen LogP contribution in [-0.4, -0.2) is 0 Å². The second kappa shape index (κ2) is 5.89. The summed E-state index contributed by atoms with van der Waals surface area (Å²) in [4.78, 5) is 0. The van der Waals surface area contributed by atoms with Gasteiger partial charge in [-0.25, -0.2) is 8.78 Å². The molecule has 0 saturated carbocycles. The molecule has 0 aliphatic rings. The van der Waals surface area contributed by atoms with Crippen molar-refractivity contribution in [3.05, 3.63) is 63.7 Å². The molecule has 1 N–H and O–H groups in total. The smallest absolute Gasteiger partial charge is 0.132 e. The van der Waals surface area contributed by atoms with E-state index in [1.54, 1.807) is 24.3 Å². The van der Waals surface area contributed by atoms with E-state index in [0.29, 0.717) is 5.02 Å². The number of aryl methyl sites for hydroxylation is 1. The van der Waals surface area contributed by atoms with Crippen molar-refractivity contribution in [1.82, 2.24) is 0 Å². The SMILES string of the molecule is Cc1cc(Cl)ccc1NCc1c(F)cc(C#N)cc1F. The number of halogens is 3. The van der Waals surface area contributed by atoms with Crippen molar-refractivity contribution in [2.75, 3.05) is 5.32 Å². The molecule has 2 rings (SSSR count). The van der Waals surface area contributed by atoms with E-state index in [1.165, 1.54) is 0 Å². The number of benzene rings is 2. The first kappa shape index (κ1) is 14.3. The molecule has 5 heteroatoms. The number of nitriles is 1. The molecular weight excluding hydrogens is 282 g/mol. The number of nitrogens with one attached hydrogen (secondary N) is 1. The first-order chi connectivity index (χ1) is 9.51. The van der Waals surface area contributed by atoms with Gasteiger partial charge in [0.05, 0.1) is 11.6 Å². The molecule has 0 radical (unpaired) electrons. The topological polar surface area (TPSA) is 35.8 Å². The van der Waals surface area contributed by atoms with Crippen molar-refractivity contribution < 1.29 is 8.78 Å². The summed E-state index contributed by atoms with van der Waals surface area (Å²) in [5, 5.41) is 12.2. The van der Waals surface area contributed by atoms with Crippen LogP contribution >= 0.6 is 11.6 Å². The molecule has 0 aliphatic heterocycles. The van der Waals surface area contributed by atoms with Crippen LogP contribution in [0.1, 0.15) is 16.7 Å². The molecule has 20 heavy (non-hydrogen) atoms. The van der Waals surface area contributed by atoms with Crippen LogP contribution in [0.3, 0.4) is 0 Å². The molecule has 102 valence electrons. The van der Waals surface area contributed by atoms with Crippen LogP contribution in [0, 0.1) is 29.9 Å². The minimum Gasteiger partial charge on any atom is -0.381 e. The van der Waals surface area contributed by atoms with Gasteiger partial charge in [-0.1, -0.05) is 11.6 Å². The highest BCUT2D eigenvalue weighted by molar-refractivity contribution is 6.30. The molecule has 2 aromatic rings. The molecule has 0 spiro atoms. The summed E-state index contributed by atoms with van der Waals surface area (Å²) in [5.74, 6) is -1.47. The van der Waals surface area contributed by atoms with E-state index in [0.717, 1.165) is 23.4 Å². The Balaban J connectivity index is 2.21. The fourth-order valence-electron chi connectivity index (χ4n) is 1.85. The first-order valence-corrected chi connectivity index (χ1v) is 6.27. The minimum atomic E-state index is -0.735. The average molecular weight is 293 g/mol. The standard InChI is InChI=1S/C15H11ClF2N2/c1-9-4-11(16)2-3-15(9)20-8-12-13(17)5-10(7-19)6-14(12)18/h2-6,20H,8H2,1H3. The number of hydrogen-bond acceptors (Lipinski definition) is 2. The highest BCUT2D eigenvalue weighted by atomic mass is 35.5. The first-order valence-electron chi connectivity index (χ1n) is 5.89. The van der Waals surface area contributed by atoms with Crippen molar-refractivity contribution in [1.29, 1.82) is 5.26 Å². The highest BCUT2D eigenvalue weighted by Gasteiger charge is 2.11. The third kappa shape index (κ3) is 3.06. The quantitative estimate of drug-likeness (QED) is 0.909. The van der Waals surface area contributed by atoms with E-state index in [4.69, 9.17) is 16.9 Å². The van der Waals surface area contributed by atoms with Gasteiger partial charge in [-0.15, -0.1) is 0 Å². The Hall–Kier alpha value is -2.12. The Morgan fingerprint density at radius 1 is 1.20 bits per heavy atom. The lowest BCUT2D eigenvalue weighted by Crippen LogP contribution is -2.06. The van der Waals surface area contributed by atoms with Crippen molar-refractivity contribution in [2.24, 2.45) is 0 Å². The molecular formula is C15H11ClF2N2. The largest absolute Gasteiger partial charge is 0.381 e. The summed E-state index contributed by atoms with van der Waals surface area (Å²) in [5.41, 5.74) is 1.49. The molecule has 0 aliphatic carbocycles. The van der Waals surface area contributed by atoms with E-state index in [9.17, 15) is 8.78 Å². The monoisotopic (exact) mass is 292 g/mol. The molecule has 2 aromatic carbocycles. The summed E-state index contributed by atoms with van der Waals surface area (Å²) in [6, 6.07) is 8.96. The zero-order chi connectivity index (χ0) is 14.7. The average Bonchev–Trinajstić information content (AvgIpc) is 2.39. The maximum absolute atomic E-state index is 13.7. The van der Waals surface area contributed by atoms with Gasteiger partial charge < -0.3 is 5.32 Å². The fourth-order valence-corrected chi connectivity index (χ4v) is 2.07. The maximum atomic E-state index is 13.7. The fraction of sp³-hybridized carbons (Fsp3) is 0.133. The molecule has 0 atom stereocenters. The predicted molar refractivity (Wildman–Crippen MR) is 74.6 cm³/mol. The van der Waals surface area contributed by atoms with Crippen molar-refractivity contribution in [3.63, 3.8) is 0 Å². The summed E-state index contributed by atoms with van der Waals surface area (Å²) < 4.78 is 27.4. The Bertz CT molecular complexity index is 670. The number of hydrogen-bond donors (Lipinski definition) is 1. The van der Waals surface area contributed by atoms with Gasteiger partial charge in [0, 0.05) is 22.8 Å². The van der Waals surface area contributed by atoms with Gasteiger partial charge >= 0.3 is 0 Å². The van der Waals surface area contributed by atoms with E-state index < -0.39 is 11.6 Å². The van der Waals surface area contributed by atoms with E-state index in [2.05, 4.69) is 5.32 Å². The van der Waals surface area contributed by atoms with Gasteiger partial charge in [-0.05, 0) is 42.8 Å². The third-order valence-electron chi connectivity index (χ3n) is 2.91. The second-order valence-electron chi connectivity index (χ2n) is 4.34. The Morgan fingerprint density at radius 3 is 2.40 bits per heavy atom. The van der Waals surface area contributed by atoms with Gasteiger partial charge in [-0.2, -0.15) is 5.26 Å². The molecule has 0 fully saturated rings. The van der Waals surface area contributed by atoms with Crippen molar-refractivity contribution >= 4 is 17.3 Å². The van der Waals surface area contributed by atoms with Gasteiger partial charge in [0.2, 0.25) is 0 Å². The second-order valence-corrected chi connectivity index (χ2v) is 4.78. The molecule has 0 aromatic heterocycles. The van der Waals surface area contributed by atoms with Gasteiger partial charge in [0.15, 0.2) is 0 Å². The maximum Gasteiger partial charge on any atom is 0.132 e. The zero-order valence-corrected chi connectivity index (χ0v) is 11.4. The van der Waals surface area contributed by atoms with Crippen LogP contribution in [-0.2, 0) is 6.54 Å². The predicted octanol–water partition coefficient (Wildman–Crippen LogP) is 4.41. The third-order valence-corrected chi connectivity index (χ3v) is 3.15. The highest BCUT2D eigenvalue weighted by Crippen LogP contribution is 2.22. The number of anilines is 1. The number of nitrogens with zero attached hydrogens (tertiary/aromatic N) is 1. The molecule has 0 unspecified atom stereocenters. The summed E-state index contributed by atoms with van der Waals surface area (Å²) in [7, 11) is 0. The Morgan fingerprint density at radius 2 is 1.85 bits per heavy atom. The van der Waals surface area contributed by atoms with E-state index in [1.807, 2.05) is 6.92 Å². The van der Waals surface area contributed by atoms with Crippen molar-refractivity contribution in [2.45, 2.75) is 13.5 Å². The lowest BCUT2D eigenvalue weighted by molar-refractivity contribution is 0.559. The summed E-state index contributed by atoms with van der Waals surface area (Å²) in [6.45, 7) is 1.84. The summed E-state index contributed by atoms with van der Waals surface area (Å²) >= 11 is 5.84. The Labute approximate surface area is 120 Å². The van der Waals surface area contributed by atoms with E-state index >= 15 is 0 Å². The van der Waals surface area contributed by atoms with Crippen LogP contribution < -0.4 is 5.32 Å². The van der Waals surface area contributed by atoms with Crippen LogP contribution in [0.4, 0.5) is 14.5 Å². The van der Waals surface area contributed by atoms with Crippen LogP contribution in [0.15, 0.2) is 30.3 Å². The minimum absolute atomic E-state index is 0.00809. The molecule has 0 heterocycles. The van der Waals surface area contributed by atoms with E-state index in [-0.39, 0.29) is 17.7 Å². The lowest BCUT2D eigenvalue weighted by atomic mass is 10.1. The summed E-state index contributed by atoms with van der Waals surface area (Å²) in [6.07, 6.45) is 0. The normalized spacial score (nSPS) is 10.2. The van der Waals surface area contributed by atoms with Crippen LogP contribution in [0.5, 0.6) is 0 Å². The van der Waals surface area contributed by atoms with Crippen molar-refractivity contribution in [3.8, 4) is 6.07 Å². The molecule has 0 saturated heterocycles. The molecule has 2 nitrogen and oxygen atoms in total.